The molecule has 0 spiro atoms. The largest absolute Gasteiger partial charge is 0.495 e. The molecule has 0 radical (unpaired) electrons. The van der Waals surface area contributed by atoms with Crippen LogP contribution in [0, 0.1) is 0 Å². The smallest absolute Gasteiger partial charge is 0.253 e. The fourth-order valence-electron chi connectivity index (χ4n) is 4.45. The van der Waals surface area contributed by atoms with Crippen LogP contribution in [0.4, 0.5) is 0 Å². The number of benzene rings is 1. The van der Waals surface area contributed by atoms with Gasteiger partial charge in [0.05, 0.1) is 7.11 Å². The van der Waals surface area contributed by atoms with Crippen LogP contribution in [0.25, 0.3) is 0 Å². The van der Waals surface area contributed by atoms with Gasteiger partial charge in [-0.05, 0) is 43.9 Å². The van der Waals surface area contributed by atoms with Crippen molar-refractivity contribution in [1.82, 2.24) is 9.21 Å². The molecular formula is C22H34N2O4S. The quantitative estimate of drug-likeness (QED) is 0.671. The van der Waals surface area contributed by atoms with Gasteiger partial charge in [-0.1, -0.05) is 38.5 Å². The van der Waals surface area contributed by atoms with Crippen LogP contribution in [0.15, 0.2) is 23.1 Å². The van der Waals surface area contributed by atoms with E-state index in [4.69, 9.17) is 4.74 Å². The predicted molar refractivity (Wildman–Crippen MR) is 114 cm³/mol. The lowest BCUT2D eigenvalue weighted by Crippen LogP contribution is -2.37. The minimum atomic E-state index is -3.70. The molecule has 1 aromatic carbocycles. The Hall–Kier alpha value is -1.60. The average molecular weight is 423 g/mol. The molecule has 6 nitrogen and oxygen atoms in total. The number of nitrogens with zero attached hydrogens (tertiary/aromatic N) is 2. The highest BCUT2D eigenvalue weighted by Crippen LogP contribution is 2.30. The van der Waals surface area contributed by atoms with E-state index in [2.05, 4.69) is 0 Å². The average Bonchev–Trinajstić information content (AvgIpc) is 3.18. The molecule has 0 aromatic heterocycles. The number of ether oxygens (including phenoxy) is 1. The first-order valence-electron chi connectivity index (χ1n) is 10.9. The fourth-order valence-corrected chi connectivity index (χ4v) is 6.15. The summed E-state index contributed by atoms with van der Waals surface area (Å²) in [5.74, 6) is 0.176. The lowest BCUT2D eigenvalue weighted by Gasteiger charge is -2.28. The van der Waals surface area contributed by atoms with Crippen molar-refractivity contribution < 1.29 is 17.9 Å². The van der Waals surface area contributed by atoms with Gasteiger partial charge in [-0.3, -0.25) is 4.79 Å². The van der Waals surface area contributed by atoms with Crippen LogP contribution in [0.2, 0.25) is 0 Å². The summed E-state index contributed by atoms with van der Waals surface area (Å²) in [6.45, 7) is 1.04. The van der Waals surface area contributed by atoms with Crippen molar-refractivity contribution in [3.05, 3.63) is 23.8 Å². The van der Waals surface area contributed by atoms with E-state index in [-0.39, 0.29) is 16.8 Å². The second-order valence-electron chi connectivity index (χ2n) is 8.25. The van der Waals surface area contributed by atoms with E-state index in [1.165, 1.54) is 26.0 Å². The summed E-state index contributed by atoms with van der Waals surface area (Å²) in [5, 5.41) is 0. The van der Waals surface area contributed by atoms with Crippen LogP contribution < -0.4 is 4.74 Å². The Morgan fingerprint density at radius 3 is 2.17 bits per heavy atom. The van der Waals surface area contributed by atoms with Gasteiger partial charge in [-0.2, -0.15) is 4.31 Å². The number of amides is 1. The normalized spacial score (nSPS) is 19.9. The third-order valence-electron chi connectivity index (χ3n) is 6.29. The Labute approximate surface area is 175 Å². The van der Waals surface area contributed by atoms with Crippen LogP contribution in [0.5, 0.6) is 5.75 Å². The van der Waals surface area contributed by atoms with Crippen LogP contribution in [-0.4, -0.2) is 56.8 Å². The van der Waals surface area contributed by atoms with Crippen molar-refractivity contribution in [2.75, 3.05) is 27.2 Å². The summed E-state index contributed by atoms with van der Waals surface area (Å²) < 4.78 is 33.6. The molecule has 0 bridgehead atoms. The van der Waals surface area contributed by atoms with E-state index in [9.17, 15) is 13.2 Å². The van der Waals surface area contributed by atoms with Gasteiger partial charge in [0.1, 0.15) is 10.6 Å². The zero-order chi connectivity index (χ0) is 20.9. The number of carbonyl (C=O) groups excluding carboxylic acids is 1. The molecule has 7 heteroatoms. The molecule has 1 aliphatic carbocycles. The van der Waals surface area contributed by atoms with Gasteiger partial charge < -0.3 is 9.64 Å². The van der Waals surface area contributed by atoms with Crippen molar-refractivity contribution in [3.63, 3.8) is 0 Å². The van der Waals surface area contributed by atoms with E-state index in [0.29, 0.717) is 24.4 Å². The SMILES string of the molecule is COc1ccc(C(=O)N(C)C2CCCCCC2)cc1S(=O)(=O)N1CCCCCC1. The van der Waals surface area contributed by atoms with Crippen LogP contribution in [0.3, 0.4) is 0 Å². The second-order valence-corrected chi connectivity index (χ2v) is 10.2. The monoisotopic (exact) mass is 422 g/mol. The molecule has 1 saturated heterocycles. The van der Waals surface area contributed by atoms with Gasteiger partial charge in [0.15, 0.2) is 0 Å². The first kappa shape index (κ1) is 22.1. The number of hydrogen-bond acceptors (Lipinski definition) is 4. The highest BCUT2D eigenvalue weighted by molar-refractivity contribution is 7.89. The maximum Gasteiger partial charge on any atom is 0.253 e. The molecule has 2 aliphatic rings. The van der Waals surface area contributed by atoms with E-state index < -0.39 is 10.0 Å². The van der Waals surface area contributed by atoms with Crippen molar-refractivity contribution >= 4 is 15.9 Å². The molecule has 2 fully saturated rings. The topological polar surface area (TPSA) is 66.9 Å². The minimum Gasteiger partial charge on any atom is -0.495 e. The molecule has 1 aromatic rings. The third-order valence-corrected chi connectivity index (χ3v) is 8.21. The first-order valence-corrected chi connectivity index (χ1v) is 12.3. The van der Waals surface area contributed by atoms with Crippen molar-refractivity contribution in [2.24, 2.45) is 0 Å². The molecule has 1 heterocycles. The Morgan fingerprint density at radius 1 is 1.00 bits per heavy atom. The molecule has 29 heavy (non-hydrogen) atoms. The lowest BCUT2D eigenvalue weighted by molar-refractivity contribution is 0.0717. The standard InChI is InChI=1S/C22H34N2O4S/c1-23(19-11-7-3-4-8-12-19)22(25)18-13-14-20(28-2)21(17-18)29(26,27)24-15-9-5-6-10-16-24/h13-14,17,19H,3-12,15-16H2,1-2H3. The van der Waals surface area contributed by atoms with Gasteiger partial charge in [-0.25, -0.2) is 8.42 Å². The van der Waals surface area contributed by atoms with Crippen molar-refractivity contribution in [1.29, 1.82) is 0 Å². The number of sulfonamides is 1. The summed E-state index contributed by atoms with van der Waals surface area (Å²) in [6.07, 6.45) is 10.6. The highest BCUT2D eigenvalue weighted by atomic mass is 32.2. The van der Waals surface area contributed by atoms with Crippen molar-refractivity contribution in [3.8, 4) is 5.75 Å². The lowest BCUT2D eigenvalue weighted by atomic mass is 10.1. The van der Waals surface area contributed by atoms with Crippen LogP contribution in [0.1, 0.15) is 74.6 Å². The number of carbonyl (C=O) groups is 1. The van der Waals surface area contributed by atoms with Gasteiger partial charge in [0, 0.05) is 31.7 Å². The molecule has 1 amide bonds. The highest BCUT2D eigenvalue weighted by Gasteiger charge is 2.30. The molecule has 0 N–H and O–H groups in total. The van der Waals surface area contributed by atoms with E-state index in [0.717, 1.165) is 51.4 Å². The predicted octanol–water partition coefficient (Wildman–Crippen LogP) is 4.05. The zero-order valence-corrected chi connectivity index (χ0v) is 18.5. The number of rotatable bonds is 5. The summed E-state index contributed by atoms with van der Waals surface area (Å²) in [7, 11) is -0.396. The van der Waals surface area contributed by atoms with Gasteiger partial charge in [0.25, 0.3) is 5.91 Å². The Kier molecular flexibility index (Phi) is 7.57. The molecule has 0 unspecified atom stereocenters. The molecular weight excluding hydrogens is 388 g/mol. The fraction of sp³-hybridized carbons (Fsp3) is 0.682. The second kappa shape index (κ2) is 9.94. The summed E-state index contributed by atoms with van der Waals surface area (Å²) in [5.41, 5.74) is 0.408. The van der Waals surface area contributed by atoms with E-state index >= 15 is 0 Å². The van der Waals surface area contributed by atoms with Gasteiger partial charge in [0.2, 0.25) is 10.0 Å². The Balaban J connectivity index is 1.88. The number of hydrogen-bond donors (Lipinski definition) is 0. The third kappa shape index (κ3) is 5.12. The number of methoxy groups -OCH3 is 1. The van der Waals surface area contributed by atoms with E-state index in [1.807, 2.05) is 7.05 Å². The first-order chi connectivity index (χ1) is 13.9. The summed E-state index contributed by atoms with van der Waals surface area (Å²) in [4.78, 5) is 15.0. The minimum absolute atomic E-state index is 0.0991. The molecule has 3 rings (SSSR count). The maximum absolute atomic E-state index is 13.3. The maximum atomic E-state index is 13.3. The molecule has 162 valence electrons. The molecule has 0 atom stereocenters. The molecule has 1 saturated carbocycles. The summed E-state index contributed by atoms with van der Waals surface area (Å²) in [6, 6.07) is 5.02. The Bertz CT molecular complexity index is 793. The zero-order valence-electron chi connectivity index (χ0n) is 17.7. The van der Waals surface area contributed by atoms with Crippen LogP contribution >= 0.6 is 0 Å². The molecule has 1 aliphatic heterocycles. The van der Waals surface area contributed by atoms with Gasteiger partial charge in [-0.15, -0.1) is 0 Å². The summed E-state index contributed by atoms with van der Waals surface area (Å²) >= 11 is 0. The van der Waals surface area contributed by atoms with Gasteiger partial charge >= 0.3 is 0 Å². The Morgan fingerprint density at radius 2 is 1.59 bits per heavy atom. The van der Waals surface area contributed by atoms with Crippen LogP contribution in [-0.2, 0) is 10.0 Å². The van der Waals surface area contributed by atoms with E-state index in [1.54, 1.807) is 21.3 Å². The van der Waals surface area contributed by atoms with Crippen molar-refractivity contribution in [2.45, 2.75) is 75.1 Å².